The van der Waals surface area contributed by atoms with Gasteiger partial charge in [0.05, 0.1) is 12.2 Å². The van der Waals surface area contributed by atoms with Crippen LogP contribution in [0.5, 0.6) is 0 Å². The smallest absolute Gasteiger partial charge is 0.191 e. The Kier molecular flexibility index (Phi) is 12.1. The van der Waals surface area contributed by atoms with Crippen LogP contribution in [0, 0.1) is 5.92 Å². The first-order valence-electron chi connectivity index (χ1n) is 9.51. The highest BCUT2D eigenvalue weighted by atomic mass is 127. The molecule has 1 unspecified atom stereocenters. The zero-order valence-corrected chi connectivity index (χ0v) is 19.5. The number of hydrogen-bond donors (Lipinski definition) is 2. The third kappa shape index (κ3) is 7.96. The molecule has 25 heavy (non-hydrogen) atoms. The second kappa shape index (κ2) is 12.5. The standard InChI is InChI=1S/C19H37N5.HI/c1-8-17-16(18(9-2)24(7)23-17)13-21-19(20-10-3)22-15(6)12-11-14(4)5;/h14-15H,8-13H2,1-7H3,(H2,20,21,22);1H. The number of guanidine groups is 1. The molecule has 0 aromatic carbocycles. The molecule has 0 saturated carbocycles. The molecule has 1 aromatic rings. The normalized spacial score (nSPS) is 12.9. The van der Waals surface area contributed by atoms with E-state index in [0.717, 1.165) is 37.7 Å². The topological polar surface area (TPSA) is 54.2 Å². The lowest BCUT2D eigenvalue weighted by Crippen LogP contribution is -2.42. The molecule has 0 aliphatic carbocycles. The molecule has 0 aliphatic rings. The Bertz CT molecular complexity index is 522. The molecule has 0 aliphatic heterocycles. The summed E-state index contributed by atoms with van der Waals surface area (Å²) in [5.74, 6) is 1.64. The predicted octanol–water partition coefficient (Wildman–Crippen LogP) is 4.04. The average Bonchev–Trinajstić information content (AvgIpc) is 2.85. The van der Waals surface area contributed by atoms with Crippen LogP contribution in [-0.4, -0.2) is 28.3 Å². The molecule has 1 atom stereocenters. The molecule has 0 fully saturated rings. The summed E-state index contributed by atoms with van der Waals surface area (Å²) in [6, 6.07) is 0.426. The van der Waals surface area contributed by atoms with Crippen molar-refractivity contribution in [2.75, 3.05) is 6.54 Å². The highest BCUT2D eigenvalue weighted by Crippen LogP contribution is 2.16. The zero-order valence-electron chi connectivity index (χ0n) is 17.1. The van der Waals surface area contributed by atoms with Crippen LogP contribution < -0.4 is 10.6 Å². The van der Waals surface area contributed by atoms with E-state index in [1.54, 1.807) is 0 Å². The Morgan fingerprint density at radius 3 is 2.32 bits per heavy atom. The molecule has 2 N–H and O–H groups in total. The summed E-state index contributed by atoms with van der Waals surface area (Å²) >= 11 is 0. The third-order valence-electron chi connectivity index (χ3n) is 4.33. The summed E-state index contributed by atoms with van der Waals surface area (Å²) < 4.78 is 2.01. The molecule has 1 aromatic heterocycles. The Labute approximate surface area is 171 Å². The maximum Gasteiger partial charge on any atom is 0.191 e. The Hall–Kier alpha value is -0.790. The lowest BCUT2D eigenvalue weighted by molar-refractivity contribution is 0.489. The van der Waals surface area contributed by atoms with Crippen LogP contribution in [0.4, 0.5) is 0 Å². The number of rotatable bonds is 9. The minimum Gasteiger partial charge on any atom is -0.357 e. The lowest BCUT2D eigenvalue weighted by atomic mass is 10.0. The molecule has 0 amide bonds. The molecule has 0 spiro atoms. The highest BCUT2D eigenvalue weighted by molar-refractivity contribution is 14.0. The van der Waals surface area contributed by atoms with Gasteiger partial charge in [-0.1, -0.05) is 27.7 Å². The van der Waals surface area contributed by atoms with E-state index < -0.39 is 0 Å². The van der Waals surface area contributed by atoms with Gasteiger partial charge in [0.25, 0.3) is 0 Å². The van der Waals surface area contributed by atoms with E-state index in [0.29, 0.717) is 12.6 Å². The van der Waals surface area contributed by atoms with Crippen molar-refractivity contribution in [3.05, 3.63) is 17.0 Å². The van der Waals surface area contributed by atoms with Gasteiger partial charge in [0.15, 0.2) is 5.96 Å². The number of aryl methyl sites for hydroxylation is 2. The second-order valence-corrected chi connectivity index (χ2v) is 6.91. The van der Waals surface area contributed by atoms with Gasteiger partial charge in [-0.15, -0.1) is 24.0 Å². The van der Waals surface area contributed by atoms with Crippen molar-refractivity contribution >= 4 is 29.9 Å². The molecular formula is C19H38IN5. The van der Waals surface area contributed by atoms with E-state index in [1.807, 2.05) is 11.7 Å². The molecular weight excluding hydrogens is 425 g/mol. The van der Waals surface area contributed by atoms with Gasteiger partial charge < -0.3 is 10.6 Å². The number of aromatic nitrogens is 2. The quantitative estimate of drug-likeness (QED) is 0.330. The van der Waals surface area contributed by atoms with E-state index in [-0.39, 0.29) is 24.0 Å². The molecule has 1 heterocycles. The monoisotopic (exact) mass is 463 g/mol. The number of nitrogens with one attached hydrogen (secondary N) is 2. The number of aliphatic imine (C=N–C) groups is 1. The SMILES string of the molecule is CCNC(=NCc1c(CC)nn(C)c1CC)NC(C)CCC(C)C.I. The summed E-state index contributed by atoms with van der Waals surface area (Å²) in [4.78, 5) is 4.82. The molecule has 0 saturated heterocycles. The van der Waals surface area contributed by atoms with Crippen molar-refractivity contribution in [2.24, 2.45) is 18.0 Å². The van der Waals surface area contributed by atoms with Gasteiger partial charge >= 0.3 is 0 Å². The van der Waals surface area contributed by atoms with Gasteiger partial charge in [-0.2, -0.15) is 5.10 Å². The molecule has 1 rings (SSSR count). The van der Waals surface area contributed by atoms with E-state index in [1.165, 1.54) is 23.4 Å². The van der Waals surface area contributed by atoms with Crippen molar-refractivity contribution in [1.82, 2.24) is 20.4 Å². The zero-order chi connectivity index (χ0) is 18.1. The number of hydrogen-bond acceptors (Lipinski definition) is 2. The van der Waals surface area contributed by atoms with E-state index in [9.17, 15) is 0 Å². The molecule has 0 bridgehead atoms. The Morgan fingerprint density at radius 1 is 1.12 bits per heavy atom. The fourth-order valence-electron chi connectivity index (χ4n) is 2.94. The summed E-state index contributed by atoms with van der Waals surface area (Å²) in [6.45, 7) is 14.8. The fourth-order valence-corrected chi connectivity index (χ4v) is 2.94. The molecule has 5 nitrogen and oxygen atoms in total. The third-order valence-corrected chi connectivity index (χ3v) is 4.33. The minimum atomic E-state index is 0. The number of halogens is 1. The minimum absolute atomic E-state index is 0. The van der Waals surface area contributed by atoms with E-state index in [4.69, 9.17) is 4.99 Å². The van der Waals surface area contributed by atoms with Crippen LogP contribution in [0.15, 0.2) is 4.99 Å². The second-order valence-electron chi connectivity index (χ2n) is 6.91. The molecule has 6 heteroatoms. The summed E-state index contributed by atoms with van der Waals surface area (Å²) in [7, 11) is 2.03. The molecule has 146 valence electrons. The fraction of sp³-hybridized carbons (Fsp3) is 0.789. The maximum absolute atomic E-state index is 4.82. The summed E-state index contributed by atoms with van der Waals surface area (Å²) in [5.41, 5.74) is 3.75. The van der Waals surface area contributed by atoms with Crippen molar-refractivity contribution < 1.29 is 0 Å². The van der Waals surface area contributed by atoms with Crippen LogP contribution in [0.3, 0.4) is 0 Å². The van der Waals surface area contributed by atoms with Gasteiger partial charge in [-0.25, -0.2) is 4.99 Å². The number of nitrogens with zero attached hydrogens (tertiary/aromatic N) is 3. The van der Waals surface area contributed by atoms with Gasteiger partial charge in [0.2, 0.25) is 0 Å². The van der Waals surface area contributed by atoms with Crippen LogP contribution in [0.1, 0.15) is 71.3 Å². The van der Waals surface area contributed by atoms with Crippen molar-refractivity contribution in [3.63, 3.8) is 0 Å². The Balaban J connectivity index is 0.00000576. The van der Waals surface area contributed by atoms with Gasteiger partial charge in [-0.3, -0.25) is 4.68 Å². The van der Waals surface area contributed by atoms with Crippen molar-refractivity contribution in [3.8, 4) is 0 Å². The summed E-state index contributed by atoms with van der Waals surface area (Å²) in [5, 5.41) is 11.5. The highest BCUT2D eigenvalue weighted by Gasteiger charge is 2.13. The van der Waals surface area contributed by atoms with E-state index >= 15 is 0 Å². The van der Waals surface area contributed by atoms with Crippen LogP contribution in [-0.2, 0) is 26.4 Å². The predicted molar refractivity (Wildman–Crippen MR) is 119 cm³/mol. The van der Waals surface area contributed by atoms with Gasteiger partial charge in [-0.05, 0) is 45.4 Å². The van der Waals surface area contributed by atoms with Gasteiger partial charge in [0, 0.05) is 30.9 Å². The first kappa shape index (κ1) is 24.2. The Morgan fingerprint density at radius 2 is 1.80 bits per heavy atom. The lowest BCUT2D eigenvalue weighted by Gasteiger charge is -2.18. The maximum atomic E-state index is 4.82. The van der Waals surface area contributed by atoms with Crippen LogP contribution >= 0.6 is 24.0 Å². The first-order chi connectivity index (χ1) is 11.4. The average molecular weight is 463 g/mol. The van der Waals surface area contributed by atoms with Crippen LogP contribution in [0.2, 0.25) is 0 Å². The van der Waals surface area contributed by atoms with Crippen molar-refractivity contribution in [1.29, 1.82) is 0 Å². The first-order valence-corrected chi connectivity index (χ1v) is 9.51. The van der Waals surface area contributed by atoms with E-state index in [2.05, 4.69) is 57.3 Å². The van der Waals surface area contributed by atoms with Gasteiger partial charge in [0.1, 0.15) is 0 Å². The summed E-state index contributed by atoms with van der Waals surface area (Å²) in [6.07, 6.45) is 4.34. The van der Waals surface area contributed by atoms with Crippen LogP contribution in [0.25, 0.3) is 0 Å². The van der Waals surface area contributed by atoms with Crippen molar-refractivity contribution in [2.45, 2.75) is 79.8 Å². The largest absolute Gasteiger partial charge is 0.357 e. The molecule has 0 radical (unpaired) electrons.